The summed E-state index contributed by atoms with van der Waals surface area (Å²) in [7, 11) is -4.13. The van der Waals surface area contributed by atoms with E-state index in [0.717, 1.165) is 23.2 Å². The molecule has 176 valence electrons. The minimum Gasteiger partial charge on any atom is -0.342 e. The van der Waals surface area contributed by atoms with Crippen LogP contribution in [0.4, 0.5) is 14.5 Å². The van der Waals surface area contributed by atoms with Crippen molar-refractivity contribution >= 4 is 32.7 Å². The van der Waals surface area contributed by atoms with E-state index in [9.17, 15) is 22.0 Å². The minimum absolute atomic E-state index is 0.0479. The van der Waals surface area contributed by atoms with Crippen molar-refractivity contribution in [2.45, 2.75) is 24.8 Å². The Kier molecular flexibility index (Phi) is 6.34. The van der Waals surface area contributed by atoms with Crippen LogP contribution in [0.5, 0.6) is 0 Å². The second kappa shape index (κ2) is 9.22. The van der Waals surface area contributed by atoms with Crippen LogP contribution < -0.4 is 10.0 Å². The molecule has 0 saturated heterocycles. The summed E-state index contributed by atoms with van der Waals surface area (Å²) in [6.45, 7) is 3.93. The van der Waals surface area contributed by atoms with Gasteiger partial charge in [0.1, 0.15) is 5.82 Å². The second-order valence-electron chi connectivity index (χ2n) is 8.09. The van der Waals surface area contributed by atoms with Crippen LogP contribution in [0.2, 0.25) is 0 Å². The molecular formula is C24H22F2N4O3S. The largest absolute Gasteiger partial charge is 0.342 e. The van der Waals surface area contributed by atoms with E-state index < -0.39 is 26.6 Å². The van der Waals surface area contributed by atoms with Gasteiger partial charge in [-0.1, -0.05) is 26.0 Å². The molecule has 0 saturated carbocycles. The average molecular weight is 485 g/mol. The first kappa shape index (κ1) is 23.4. The van der Waals surface area contributed by atoms with Crippen molar-refractivity contribution in [3.8, 4) is 0 Å². The van der Waals surface area contributed by atoms with Crippen molar-refractivity contribution in [3.63, 3.8) is 0 Å². The van der Waals surface area contributed by atoms with Gasteiger partial charge in [-0.25, -0.2) is 22.2 Å². The SMILES string of the molecule is CC(C)C(NC(=O)c1ccc(NS(=O)(=O)c2ccc(F)c(F)c2)cc1)c1nc2ccccc2[nH]1. The Morgan fingerprint density at radius 1 is 0.971 bits per heavy atom. The highest BCUT2D eigenvalue weighted by molar-refractivity contribution is 7.92. The molecule has 0 bridgehead atoms. The number of rotatable bonds is 7. The highest BCUT2D eigenvalue weighted by Gasteiger charge is 2.23. The molecule has 3 N–H and O–H groups in total. The number of anilines is 1. The Hall–Kier alpha value is -3.79. The average Bonchev–Trinajstić information content (AvgIpc) is 3.23. The Balaban J connectivity index is 1.49. The fraction of sp³-hybridized carbons (Fsp3) is 0.167. The Labute approximate surface area is 195 Å². The van der Waals surface area contributed by atoms with Gasteiger partial charge in [-0.2, -0.15) is 0 Å². The molecule has 4 rings (SSSR count). The summed E-state index contributed by atoms with van der Waals surface area (Å²) in [6, 6.07) is 15.3. The number of aromatic nitrogens is 2. The molecule has 1 atom stereocenters. The molecule has 0 aliphatic heterocycles. The van der Waals surface area contributed by atoms with Gasteiger partial charge in [0.25, 0.3) is 15.9 Å². The van der Waals surface area contributed by atoms with Gasteiger partial charge in [-0.05, 0) is 60.5 Å². The fourth-order valence-corrected chi connectivity index (χ4v) is 4.51. The molecule has 1 aromatic heterocycles. The topological polar surface area (TPSA) is 104 Å². The van der Waals surface area contributed by atoms with Crippen molar-refractivity contribution in [2.24, 2.45) is 5.92 Å². The molecule has 0 fully saturated rings. The van der Waals surface area contributed by atoms with Gasteiger partial charge in [-0.3, -0.25) is 9.52 Å². The van der Waals surface area contributed by atoms with Crippen molar-refractivity contribution in [2.75, 3.05) is 4.72 Å². The summed E-state index contributed by atoms with van der Waals surface area (Å²) in [5.41, 5.74) is 2.15. The van der Waals surface area contributed by atoms with E-state index >= 15 is 0 Å². The van der Waals surface area contributed by atoms with Crippen molar-refractivity contribution < 1.29 is 22.0 Å². The minimum atomic E-state index is -4.13. The number of H-pyrrole nitrogens is 1. The van der Waals surface area contributed by atoms with Crippen LogP contribution in [0.15, 0.2) is 71.6 Å². The van der Waals surface area contributed by atoms with E-state index in [1.54, 1.807) is 0 Å². The molecule has 7 nitrogen and oxygen atoms in total. The summed E-state index contributed by atoms with van der Waals surface area (Å²) >= 11 is 0. The predicted octanol–water partition coefficient (Wildman–Crippen LogP) is 4.77. The Morgan fingerprint density at radius 2 is 1.68 bits per heavy atom. The molecule has 0 radical (unpaired) electrons. The molecule has 1 heterocycles. The van der Waals surface area contributed by atoms with E-state index in [2.05, 4.69) is 20.0 Å². The zero-order valence-corrected chi connectivity index (χ0v) is 19.2. The number of benzene rings is 3. The molecule has 0 spiro atoms. The normalized spacial score (nSPS) is 12.6. The van der Waals surface area contributed by atoms with Crippen LogP contribution >= 0.6 is 0 Å². The molecule has 0 aliphatic carbocycles. The van der Waals surface area contributed by atoms with E-state index in [-0.39, 0.29) is 23.6 Å². The molecule has 1 unspecified atom stereocenters. The molecule has 34 heavy (non-hydrogen) atoms. The summed E-state index contributed by atoms with van der Waals surface area (Å²) in [6.07, 6.45) is 0. The summed E-state index contributed by atoms with van der Waals surface area (Å²) in [4.78, 5) is 20.3. The molecule has 1 amide bonds. The van der Waals surface area contributed by atoms with Gasteiger partial charge in [0.15, 0.2) is 11.6 Å². The number of carbonyl (C=O) groups excluding carboxylic acids is 1. The quantitative estimate of drug-likeness (QED) is 0.352. The molecule has 4 aromatic rings. The zero-order valence-electron chi connectivity index (χ0n) is 18.3. The standard InChI is InChI=1S/C24H22F2N4O3S/c1-14(2)22(23-27-20-5-3-4-6-21(20)28-23)29-24(31)15-7-9-16(10-8-15)30-34(32,33)17-11-12-18(25)19(26)13-17/h3-14,22,30H,1-2H3,(H,27,28)(H,29,31). The van der Waals surface area contributed by atoms with Crippen LogP contribution in [0.1, 0.15) is 36.1 Å². The number of amides is 1. The van der Waals surface area contributed by atoms with E-state index in [1.165, 1.54) is 24.3 Å². The van der Waals surface area contributed by atoms with Crippen LogP contribution in [0, 0.1) is 17.6 Å². The number of hydrogen-bond acceptors (Lipinski definition) is 4. The third-order valence-electron chi connectivity index (χ3n) is 5.26. The lowest BCUT2D eigenvalue weighted by Crippen LogP contribution is -2.32. The zero-order chi connectivity index (χ0) is 24.5. The fourth-order valence-electron chi connectivity index (χ4n) is 3.44. The highest BCUT2D eigenvalue weighted by atomic mass is 32.2. The number of carbonyl (C=O) groups is 1. The number of halogens is 2. The third kappa shape index (κ3) is 4.91. The lowest BCUT2D eigenvalue weighted by atomic mass is 10.0. The monoisotopic (exact) mass is 484 g/mol. The number of nitrogens with zero attached hydrogens (tertiary/aromatic N) is 1. The highest BCUT2D eigenvalue weighted by Crippen LogP contribution is 2.23. The predicted molar refractivity (Wildman–Crippen MR) is 125 cm³/mol. The van der Waals surface area contributed by atoms with Crippen LogP contribution in [-0.2, 0) is 10.0 Å². The molecule has 0 aliphatic rings. The van der Waals surface area contributed by atoms with Gasteiger partial charge < -0.3 is 10.3 Å². The maximum atomic E-state index is 13.4. The summed E-state index contributed by atoms with van der Waals surface area (Å²) in [5.74, 6) is -2.07. The summed E-state index contributed by atoms with van der Waals surface area (Å²) in [5, 5.41) is 2.97. The van der Waals surface area contributed by atoms with Gasteiger partial charge >= 0.3 is 0 Å². The van der Waals surface area contributed by atoms with Gasteiger partial charge in [0.05, 0.1) is 22.0 Å². The first-order valence-corrected chi connectivity index (χ1v) is 12.0. The van der Waals surface area contributed by atoms with Crippen molar-refractivity contribution in [1.82, 2.24) is 15.3 Å². The first-order chi connectivity index (χ1) is 16.1. The van der Waals surface area contributed by atoms with E-state index in [0.29, 0.717) is 17.5 Å². The molecular weight excluding hydrogens is 462 g/mol. The molecule has 10 heteroatoms. The van der Waals surface area contributed by atoms with Crippen molar-refractivity contribution in [1.29, 1.82) is 0 Å². The van der Waals surface area contributed by atoms with E-state index in [4.69, 9.17) is 0 Å². The second-order valence-corrected chi connectivity index (χ2v) is 9.78. The number of hydrogen-bond donors (Lipinski definition) is 3. The Bertz CT molecular complexity index is 1420. The van der Waals surface area contributed by atoms with Crippen LogP contribution in [0.25, 0.3) is 11.0 Å². The summed E-state index contributed by atoms with van der Waals surface area (Å²) < 4.78 is 53.7. The van der Waals surface area contributed by atoms with Crippen molar-refractivity contribution in [3.05, 3.63) is 89.8 Å². The number of aromatic amines is 1. The maximum Gasteiger partial charge on any atom is 0.261 e. The molecule has 3 aromatic carbocycles. The Morgan fingerprint density at radius 3 is 2.32 bits per heavy atom. The number of fused-ring (bicyclic) bond motifs is 1. The number of para-hydroxylation sites is 2. The van der Waals surface area contributed by atoms with Gasteiger partial charge in [0.2, 0.25) is 0 Å². The maximum absolute atomic E-state index is 13.4. The lowest BCUT2D eigenvalue weighted by Gasteiger charge is -2.20. The first-order valence-electron chi connectivity index (χ1n) is 10.5. The lowest BCUT2D eigenvalue weighted by molar-refractivity contribution is 0.0923. The smallest absolute Gasteiger partial charge is 0.261 e. The van der Waals surface area contributed by atoms with Gasteiger partial charge in [-0.15, -0.1) is 0 Å². The van der Waals surface area contributed by atoms with Crippen LogP contribution in [-0.4, -0.2) is 24.3 Å². The van der Waals surface area contributed by atoms with Crippen LogP contribution in [0.3, 0.4) is 0 Å². The van der Waals surface area contributed by atoms with E-state index in [1.807, 2.05) is 38.1 Å². The third-order valence-corrected chi connectivity index (χ3v) is 6.64. The van der Waals surface area contributed by atoms with Gasteiger partial charge in [0, 0.05) is 11.3 Å². The number of nitrogens with one attached hydrogen (secondary N) is 3. The number of imidazole rings is 1. The number of sulfonamides is 1.